The molecular formula is C13H18BrNO. The average Bonchev–Trinajstić information content (AvgIpc) is 2.15. The summed E-state index contributed by atoms with van der Waals surface area (Å²) in [6.45, 7) is 2.30. The molecule has 2 rings (SSSR count). The molecule has 2 atom stereocenters. The lowest BCUT2D eigenvalue weighted by molar-refractivity contribution is 0.129. The van der Waals surface area contributed by atoms with Crippen molar-refractivity contribution in [1.82, 2.24) is 0 Å². The Hall–Kier alpha value is -0.700. The van der Waals surface area contributed by atoms with Gasteiger partial charge >= 0.3 is 0 Å². The lowest BCUT2D eigenvalue weighted by Gasteiger charge is -2.27. The first kappa shape index (κ1) is 11.8. The van der Waals surface area contributed by atoms with Crippen LogP contribution in [-0.2, 0) is 0 Å². The van der Waals surface area contributed by atoms with Crippen LogP contribution >= 0.6 is 15.9 Å². The highest BCUT2D eigenvalue weighted by molar-refractivity contribution is 9.10. The Morgan fingerprint density at radius 1 is 1.31 bits per heavy atom. The van der Waals surface area contributed by atoms with Gasteiger partial charge in [0.05, 0.1) is 6.10 Å². The van der Waals surface area contributed by atoms with Crippen LogP contribution in [0.1, 0.15) is 32.6 Å². The van der Waals surface area contributed by atoms with Gasteiger partial charge in [-0.2, -0.15) is 0 Å². The Morgan fingerprint density at radius 3 is 2.81 bits per heavy atom. The summed E-state index contributed by atoms with van der Waals surface area (Å²) >= 11 is 3.43. The lowest BCUT2D eigenvalue weighted by Crippen LogP contribution is -2.24. The molecular weight excluding hydrogens is 266 g/mol. The van der Waals surface area contributed by atoms with Crippen LogP contribution in [0.25, 0.3) is 0 Å². The van der Waals surface area contributed by atoms with Crippen molar-refractivity contribution >= 4 is 21.6 Å². The van der Waals surface area contributed by atoms with E-state index >= 15 is 0 Å². The molecule has 1 aromatic rings. The van der Waals surface area contributed by atoms with E-state index in [1.165, 1.54) is 12.8 Å². The summed E-state index contributed by atoms with van der Waals surface area (Å²) in [6, 6.07) is 5.76. The molecule has 0 spiro atoms. The van der Waals surface area contributed by atoms with E-state index in [1.54, 1.807) is 0 Å². The molecule has 16 heavy (non-hydrogen) atoms. The van der Waals surface area contributed by atoms with E-state index in [0.717, 1.165) is 34.7 Å². The van der Waals surface area contributed by atoms with Crippen LogP contribution in [0, 0.1) is 5.92 Å². The fourth-order valence-electron chi connectivity index (χ4n) is 2.33. The fourth-order valence-corrected chi connectivity index (χ4v) is 2.82. The van der Waals surface area contributed by atoms with Crippen LogP contribution in [0.3, 0.4) is 0 Å². The lowest BCUT2D eigenvalue weighted by atomic mass is 9.89. The van der Waals surface area contributed by atoms with E-state index in [-0.39, 0.29) is 0 Å². The van der Waals surface area contributed by atoms with E-state index < -0.39 is 0 Å². The number of hydrogen-bond acceptors (Lipinski definition) is 2. The first-order valence-electron chi connectivity index (χ1n) is 5.86. The van der Waals surface area contributed by atoms with Gasteiger partial charge in [-0.1, -0.05) is 29.3 Å². The van der Waals surface area contributed by atoms with Gasteiger partial charge in [-0.25, -0.2) is 0 Å². The molecule has 0 amide bonds. The van der Waals surface area contributed by atoms with E-state index in [9.17, 15) is 0 Å². The van der Waals surface area contributed by atoms with Crippen molar-refractivity contribution in [3.63, 3.8) is 0 Å². The predicted molar refractivity (Wildman–Crippen MR) is 70.6 cm³/mol. The molecule has 0 heterocycles. The summed E-state index contributed by atoms with van der Waals surface area (Å²) in [5.41, 5.74) is 6.53. The Kier molecular flexibility index (Phi) is 3.74. The normalized spacial score (nSPS) is 25.4. The molecule has 1 aliphatic carbocycles. The minimum absolute atomic E-state index is 0.359. The quantitative estimate of drug-likeness (QED) is 0.833. The van der Waals surface area contributed by atoms with Gasteiger partial charge in [-0.05, 0) is 37.3 Å². The van der Waals surface area contributed by atoms with Crippen LogP contribution < -0.4 is 10.5 Å². The predicted octanol–water partition coefficient (Wildman–Crippen LogP) is 3.99. The minimum atomic E-state index is 0.359. The van der Waals surface area contributed by atoms with E-state index in [4.69, 9.17) is 10.5 Å². The van der Waals surface area contributed by atoms with Crippen molar-refractivity contribution in [2.45, 2.75) is 38.7 Å². The standard InChI is InChI=1S/C13H18BrNO/c1-9-3-2-4-12(5-9)16-13-7-10(14)6-11(15)8-13/h6-9,12H,2-5,15H2,1H3. The summed E-state index contributed by atoms with van der Waals surface area (Å²) in [7, 11) is 0. The first-order valence-corrected chi connectivity index (χ1v) is 6.65. The van der Waals surface area contributed by atoms with Crippen molar-refractivity contribution in [1.29, 1.82) is 0 Å². The Balaban J connectivity index is 2.02. The van der Waals surface area contributed by atoms with Crippen LogP contribution in [0.15, 0.2) is 22.7 Å². The van der Waals surface area contributed by atoms with Gasteiger partial charge in [0.25, 0.3) is 0 Å². The molecule has 88 valence electrons. The van der Waals surface area contributed by atoms with Crippen LogP contribution in [0.5, 0.6) is 5.75 Å². The largest absolute Gasteiger partial charge is 0.490 e. The highest BCUT2D eigenvalue weighted by Gasteiger charge is 2.20. The van der Waals surface area contributed by atoms with Crippen molar-refractivity contribution in [2.75, 3.05) is 5.73 Å². The van der Waals surface area contributed by atoms with Crippen molar-refractivity contribution < 1.29 is 4.74 Å². The third-order valence-electron chi connectivity index (χ3n) is 3.08. The summed E-state index contributed by atoms with van der Waals surface area (Å²) in [6.07, 6.45) is 5.29. The third kappa shape index (κ3) is 3.14. The van der Waals surface area contributed by atoms with Gasteiger partial charge in [-0.3, -0.25) is 0 Å². The zero-order chi connectivity index (χ0) is 11.5. The van der Waals surface area contributed by atoms with Gasteiger partial charge in [-0.15, -0.1) is 0 Å². The van der Waals surface area contributed by atoms with Crippen molar-refractivity contribution in [3.8, 4) is 5.75 Å². The summed E-state index contributed by atoms with van der Waals surface area (Å²) in [4.78, 5) is 0. The summed E-state index contributed by atoms with van der Waals surface area (Å²) < 4.78 is 6.96. The molecule has 2 unspecified atom stereocenters. The second-order valence-corrected chi connectivity index (χ2v) is 5.65. The zero-order valence-electron chi connectivity index (χ0n) is 9.58. The molecule has 2 nitrogen and oxygen atoms in total. The molecule has 1 aromatic carbocycles. The molecule has 1 fully saturated rings. The number of nitrogens with two attached hydrogens (primary N) is 1. The third-order valence-corrected chi connectivity index (χ3v) is 3.54. The van der Waals surface area contributed by atoms with Crippen molar-refractivity contribution in [3.05, 3.63) is 22.7 Å². The average molecular weight is 284 g/mol. The Bertz CT molecular complexity index is 347. The topological polar surface area (TPSA) is 35.2 Å². The molecule has 0 aromatic heterocycles. The van der Waals surface area contributed by atoms with Crippen LogP contribution in [0.2, 0.25) is 0 Å². The van der Waals surface area contributed by atoms with Gasteiger partial charge in [0.2, 0.25) is 0 Å². The maximum absolute atomic E-state index is 5.98. The monoisotopic (exact) mass is 283 g/mol. The Morgan fingerprint density at radius 2 is 2.12 bits per heavy atom. The van der Waals surface area contributed by atoms with Gasteiger partial charge in [0.1, 0.15) is 5.75 Å². The second-order valence-electron chi connectivity index (χ2n) is 4.73. The highest BCUT2D eigenvalue weighted by atomic mass is 79.9. The van der Waals surface area contributed by atoms with Crippen LogP contribution in [0.4, 0.5) is 5.69 Å². The Labute approximate surface area is 105 Å². The van der Waals surface area contributed by atoms with Crippen LogP contribution in [-0.4, -0.2) is 6.10 Å². The summed E-state index contributed by atoms with van der Waals surface area (Å²) in [5, 5.41) is 0. The number of halogens is 1. The molecule has 1 aliphatic rings. The molecule has 2 N–H and O–H groups in total. The smallest absolute Gasteiger partial charge is 0.122 e. The molecule has 3 heteroatoms. The number of benzene rings is 1. The molecule has 0 radical (unpaired) electrons. The van der Waals surface area contributed by atoms with Gasteiger partial charge in [0.15, 0.2) is 0 Å². The number of rotatable bonds is 2. The summed E-state index contributed by atoms with van der Waals surface area (Å²) in [5.74, 6) is 1.66. The number of hydrogen-bond donors (Lipinski definition) is 1. The van der Waals surface area contributed by atoms with E-state index in [1.807, 2.05) is 18.2 Å². The number of anilines is 1. The second kappa shape index (κ2) is 5.09. The highest BCUT2D eigenvalue weighted by Crippen LogP contribution is 2.29. The maximum atomic E-state index is 5.98. The fraction of sp³-hybridized carbons (Fsp3) is 0.538. The van der Waals surface area contributed by atoms with E-state index in [0.29, 0.717) is 6.10 Å². The maximum Gasteiger partial charge on any atom is 0.122 e. The van der Waals surface area contributed by atoms with Gasteiger partial charge in [0, 0.05) is 16.2 Å². The van der Waals surface area contributed by atoms with E-state index in [2.05, 4.69) is 22.9 Å². The number of nitrogen functional groups attached to an aromatic ring is 1. The zero-order valence-corrected chi connectivity index (χ0v) is 11.2. The number of ether oxygens (including phenoxy) is 1. The SMILES string of the molecule is CC1CCCC(Oc2cc(N)cc(Br)c2)C1. The first-order chi connectivity index (χ1) is 7.63. The molecule has 0 saturated heterocycles. The minimum Gasteiger partial charge on any atom is -0.490 e. The molecule has 0 aliphatic heterocycles. The molecule has 0 bridgehead atoms. The molecule has 1 saturated carbocycles. The van der Waals surface area contributed by atoms with Gasteiger partial charge < -0.3 is 10.5 Å². The van der Waals surface area contributed by atoms with Crippen molar-refractivity contribution in [2.24, 2.45) is 5.92 Å².